The van der Waals surface area contributed by atoms with Gasteiger partial charge in [0, 0.05) is 39.4 Å². The number of aromatic nitrogens is 1. The van der Waals surface area contributed by atoms with Crippen LogP contribution >= 0.6 is 0 Å². The van der Waals surface area contributed by atoms with Crippen molar-refractivity contribution in [3.8, 4) is 0 Å². The van der Waals surface area contributed by atoms with Crippen LogP contribution < -0.4 is 0 Å². The van der Waals surface area contributed by atoms with Gasteiger partial charge < -0.3 is 9.47 Å². The van der Waals surface area contributed by atoms with E-state index >= 15 is 0 Å². The average molecular weight is 375 g/mol. The van der Waals surface area contributed by atoms with Crippen LogP contribution in [0.5, 0.6) is 0 Å². The number of piperazine rings is 1. The van der Waals surface area contributed by atoms with E-state index in [9.17, 15) is 13.2 Å². The summed E-state index contributed by atoms with van der Waals surface area (Å²) < 4.78 is 28.9. The molecule has 6 nitrogen and oxygen atoms in total. The molecular formula is C19H25N3O3S. The highest BCUT2D eigenvalue weighted by atomic mass is 32.2. The number of nitrogens with zero attached hydrogens (tertiary/aromatic N) is 3. The summed E-state index contributed by atoms with van der Waals surface area (Å²) in [6.45, 7) is 5.56. The Kier molecular flexibility index (Phi) is 5.20. The molecule has 0 unspecified atom stereocenters. The fourth-order valence-corrected chi connectivity index (χ4v) is 4.57. The summed E-state index contributed by atoms with van der Waals surface area (Å²) >= 11 is 0. The van der Waals surface area contributed by atoms with Crippen molar-refractivity contribution in [1.82, 2.24) is 13.8 Å². The summed E-state index contributed by atoms with van der Waals surface area (Å²) in [7, 11) is -1.70. The Hall–Kier alpha value is -2.12. The van der Waals surface area contributed by atoms with Crippen molar-refractivity contribution >= 4 is 15.9 Å². The van der Waals surface area contributed by atoms with Gasteiger partial charge in [-0.25, -0.2) is 8.42 Å². The van der Waals surface area contributed by atoms with Crippen LogP contribution in [0.1, 0.15) is 35.8 Å². The Labute approximate surface area is 155 Å². The van der Waals surface area contributed by atoms with Crippen molar-refractivity contribution in [3.05, 3.63) is 53.9 Å². The van der Waals surface area contributed by atoms with Crippen LogP contribution in [0.25, 0.3) is 0 Å². The van der Waals surface area contributed by atoms with E-state index in [2.05, 4.69) is 13.8 Å². The first kappa shape index (κ1) is 18.7. The Morgan fingerprint density at radius 1 is 1.00 bits per heavy atom. The molecule has 0 spiro atoms. The molecule has 0 bridgehead atoms. The van der Waals surface area contributed by atoms with E-state index in [4.69, 9.17) is 0 Å². The fraction of sp³-hybridized carbons (Fsp3) is 0.421. The molecule has 0 aliphatic carbocycles. The van der Waals surface area contributed by atoms with Crippen LogP contribution in [0.2, 0.25) is 0 Å². The zero-order chi connectivity index (χ0) is 18.9. The lowest BCUT2D eigenvalue weighted by atomic mass is 10.0. The van der Waals surface area contributed by atoms with Gasteiger partial charge >= 0.3 is 0 Å². The van der Waals surface area contributed by atoms with E-state index in [1.54, 1.807) is 27.7 Å². The second kappa shape index (κ2) is 7.25. The summed E-state index contributed by atoms with van der Waals surface area (Å²) in [5.74, 6) is 0.301. The quantitative estimate of drug-likeness (QED) is 0.824. The highest BCUT2D eigenvalue weighted by Gasteiger charge is 2.30. The number of carbonyl (C=O) groups is 1. The normalized spacial score (nSPS) is 16.2. The molecule has 1 saturated heterocycles. The number of rotatable bonds is 4. The lowest BCUT2D eigenvalue weighted by molar-refractivity contribution is 0.0688. The van der Waals surface area contributed by atoms with E-state index in [0.29, 0.717) is 42.7 Å². The maximum absolute atomic E-state index is 12.8. The molecule has 1 aliphatic heterocycles. The highest BCUT2D eigenvalue weighted by Crippen LogP contribution is 2.21. The molecule has 1 fully saturated rings. The first-order valence-corrected chi connectivity index (χ1v) is 10.3. The lowest BCUT2D eigenvalue weighted by Gasteiger charge is -2.34. The lowest BCUT2D eigenvalue weighted by Crippen LogP contribution is -2.50. The van der Waals surface area contributed by atoms with Crippen molar-refractivity contribution in [2.45, 2.75) is 24.7 Å². The molecule has 2 aromatic rings. The minimum Gasteiger partial charge on any atom is -0.347 e. The van der Waals surface area contributed by atoms with Crippen molar-refractivity contribution in [2.24, 2.45) is 7.05 Å². The summed E-state index contributed by atoms with van der Waals surface area (Å²) in [4.78, 5) is 14.6. The molecule has 0 saturated carbocycles. The molecule has 140 valence electrons. The summed E-state index contributed by atoms with van der Waals surface area (Å²) in [6.07, 6.45) is 1.83. The molecule has 2 heterocycles. The smallest absolute Gasteiger partial charge is 0.270 e. The minimum absolute atomic E-state index is 0.0594. The minimum atomic E-state index is -3.53. The van der Waals surface area contributed by atoms with Gasteiger partial charge in [0.1, 0.15) is 5.69 Å². The largest absolute Gasteiger partial charge is 0.347 e. The Bertz CT molecular complexity index is 877. The van der Waals surface area contributed by atoms with Gasteiger partial charge in [-0.15, -0.1) is 0 Å². The van der Waals surface area contributed by atoms with E-state index in [0.717, 1.165) is 5.56 Å². The van der Waals surface area contributed by atoms with Crippen LogP contribution in [-0.4, -0.2) is 54.3 Å². The molecule has 7 heteroatoms. The van der Waals surface area contributed by atoms with Crippen molar-refractivity contribution in [3.63, 3.8) is 0 Å². The SMILES string of the molecule is CC(C)c1ccc(S(=O)(=O)N2CCN(C(=O)c3cccn3C)CC2)cc1. The highest BCUT2D eigenvalue weighted by molar-refractivity contribution is 7.89. The van der Waals surface area contributed by atoms with Gasteiger partial charge in [-0.05, 0) is 35.7 Å². The van der Waals surface area contributed by atoms with Crippen LogP contribution in [0, 0.1) is 0 Å². The first-order chi connectivity index (χ1) is 12.3. The first-order valence-electron chi connectivity index (χ1n) is 8.81. The zero-order valence-electron chi connectivity index (χ0n) is 15.4. The third-order valence-electron chi connectivity index (χ3n) is 4.87. The van der Waals surface area contributed by atoms with Crippen LogP contribution in [-0.2, 0) is 17.1 Å². The molecule has 0 N–H and O–H groups in total. The van der Waals surface area contributed by atoms with Gasteiger partial charge in [-0.2, -0.15) is 4.31 Å². The van der Waals surface area contributed by atoms with E-state index in [-0.39, 0.29) is 5.91 Å². The predicted molar refractivity (Wildman–Crippen MR) is 101 cm³/mol. The molecule has 26 heavy (non-hydrogen) atoms. The summed E-state index contributed by atoms with van der Waals surface area (Å²) in [5, 5.41) is 0. The zero-order valence-corrected chi connectivity index (χ0v) is 16.2. The number of sulfonamides is 1. The second-order valence-corrected chi connectivity index (χ2v) is 8.86. The van der Waals surface area contributed by atoms with Crippen LogP contribution in [0.15, 0.2) is 47.5 Å². The topological polar surface area (TPSA) is 62.6 Å². The summed E-state index contributed by atoms with van der Waals surface area (Å²) in [6, 6.07) is 10.7. The van der Waals surface area contributed by atoms with E-state index in [1.165, 1.54) is 4.31 Å². The third kappa shape index (κ3) is 3.54. The van der Waals surface area contributed by atoms with Gasteiger partial charge in [0.25, 0.3) is 5.91 Å². The Balaban J connectivity index is 1.68. The summed E-state index contributed by atoms with van der Waals surface area (Å²) in [5.41, 5.74) is 1.73. The number of amides is 1. The predicted octanol–water partition coefficient (Wildman–Crippen LogP) is 2.30. The number of hydrogen-bond acceptors (Lipinski definition) is 3. The number of hydrogen-bond donors (Lipinski definition) is 0. The molecule has 1 amide bonds. The maximum Gasteiger partial charge on any atom is 0.270 e. The molecule has 1 aromatic heterocycles. The van der Waals surface area contributed by atoms with Crippen LogP contribution in [0.4, 0.5) is 0 Å². The molecule has 0 radical (unpaired) electrons. The van der Waals surface area contributed by atoms with Crippen LogP contribution in [0.3, 0.4) is 0 Å². The second-order valence-electron chi connectivity index (χ2n) is 6.92. The maximum atomic E-state index is 12.8. The third-order valence-corrected chi connectivity index (χ3v) is 6.79. The van der Waals surface area contributed by atoms with Gasteiger partial charge in [0.05, 0.1) is 4.90 Å². The van der Waals surface area contributed by atoms with Crippen molar-refractivity contribution < 1.29 is 13.2 Å². The average Bonchev–Trinajstić information content (AvgIpc) is 3.07. The standard InChI is InChI=1S/C19H25N3O3S/c1-15(2)16-6-8-17(9-7-16)26(24,25)22-13-11-21(12-14-22)19(23)18-5-4-10-20(18)3/h4-10,15H,11-14H2,1-3H3. The van der Waals surface area contributed by atoms with E-state index in [1.807, 2.05) is 31.4 Å². The molecule has 1 aromatic carbocycles. The number of aryl methyl sites for hydroxylation is 1. The van der Waals surface area contributed by atoms with Gasteiger partial charge in [0.2, 0.25) is 10.0 Å². The Morgan fingerprint density at radius 2 is 1.62 bits per heavy atom. The monoisotopic (exact) mass is 375 g/mol. The van der Waals surface area contributed by atoms with Crippen molar-refractivity contribution in [2.75, 3.05) is 26.2 Å². The van der Waals surface area contributed by atoms with Gasteiger partial charge in [0.15, 0.2) is 0 Å². The molecule has 1 aliphatic rings. The van der Waals surface area contributed by atoms with E-state index < -0.39 is 10.0 Å². The number of benzene rings is 1. The number of carbonyl (C=O) groups excluding carboxylic acids is 1. The molecular weight excluding hydrogens is 350 g/mol. The molecule has 3 rings (SSSR count). The Morgan fingerprint density at radius 3 is 2.12 bits per heavy atom. The fourth-order valence-electron chi connectivity index (χ4n) is 3.15. The molecule has 0 atom stereocenters. The van der Waals surface area contributed by atoms with Gasteiger partial charge in [-0.1, -0.05) is 26.0 Å². The van der Waals surface area contributed by atoms with Crippen molar-refractivity contribution in [1.29, 1.82) is 0 Å². The van der Waals surface area contributed by atoms with Gasteiger partial charge in [-0.3, -0.25) is 4.79 Å².